The second-order valence-corrected chi connectivity index (χ2v) is 3.21. The molecule has 1 unspecified atom stereocenters. The first kappa shape index (κ1) is 9.21. The lowest BCUT2D eigenvalue weighted by atomic mass is 10.1. The van der Waals surface area contributed by atoms with Crippen molar-refractivity contribution in [3.8, 4) is 0 Å². The van der Waals surface area contributed by atoms with Crippen LogP contribution in [0.4, 0.5) is 0 Å². The van der Waals surface area contributed by atoms with Gasteiger partial charge in [0.2, 0.25) is 0 Å². The Morgan fingerprint density at radius 1 is 1.43 bits per heavy atom. The maximum Gasteiger partial charge on any atom is 0.0948 e. The van der Waals surface area contributed by atoms with Crippen LogP contribution >= 0.6 is 0 Å². The number of nitrogens with two attached hydrogens (primary N) is 1. The number of aliphatic hydroxyl groups excluding tert-OH is 1. The van der Waals surface area contributed by atoms with Gasteiger partial charge >= 0.3 is 0 Å². The molecule has 0 bridgehead atoms. The molecule has 2 rings (SSSR count). The van der Waals surface area contributed by atoms with E-state index in [1.165, 1.54) is 0 Å². The van der Waals surface area contributed by atoms with Crippen molar-refractivity contribution < 1.29 is 5.11 Å². The molecule has 0 saturated carbocycles. The predicted molar refractivity (Wildman–Crippen MR) is 55.4 cm³/mol. The number of hydrogen-bond donors (Lipinski definition) is 4. The van der Waals surface area contributed by atoms with Gasteiger partial charge in [0.05, 0.1) is 6.10 Å². The molecule has 1 heterocycles. The van der Waals surface area contributed by atoms with Crippen LogP contribution in [-0.4, -0.2) is 16.6 Å². The summed E-state index contributed by atoms with van der Waals surface area (Å²) in [6.45, 7) is 0.349. The summed E-state index contributed by atoms with van der Waals surface area (Å²) in [5.41, 5.74) is 4.36. The van der Waals surface area contributed by atoms with Crippen LogP contribution in [0.25, 0.3) is 10.9 Å². The summed E-state index contributed by atoms with van der Waals surface area (Å²) in [6, 6.07) is 7.85. The molecule has 0 aliphatic heterocycles. The van der Waals surface area contributed by atoms with Crippen LogP contribution in [0, 0.1) is 0 Å². The highest BCUT2D eigenvalue weighted by atomic mass is 16.3. The minimum Gasteiger partial charge on any atom is -0.387 e. The molecule has 74 valence electrons. The van der Waals surface area contributed by atoms with Crippen LogP contribution < -0.4 is 11.3 Å². The van der Waals surface area contributed by atoms with Crippen LogP contribution in [0.1, 0.15) is 11.7 Å². The van der Waals surface area contributed by atoms with Gasteiger partial charge in [0, 0.05) is 29.2 Å². The largest absolute Gasteiger partial charge is 0.387 e. The molecule has 2 aromatic rings. The normalized spacial score (nSPS) is 13.3. The number of hydrazine groups is 1. The zero-order valence-corrected chi connectivity index (χ0v) is 7.70. The van der Waals surface area contributed by atoms with Crippen molar-refractivity contribution in [2.75, 3.05) is 6.54 Å². The number of benzene rings is 1. The number of aromatic nitrogens is 1. The minimum absolute atomic E-state index is 0.349. The summed E-state index contributed by atoms with van der Waals surface area (Å²) < 4.78 is 0. The van der Waals surface area contributed by atoms with E-state index in [4.69, 9.17) is 5.84 Å². The lowest BCUT2D eigenvalue weighted by molar-refractivity contribution is 0.177. The number of aliphatic hydroxyl groups is 1. The number of para-hydroxylation sites is 1. The Morgan fingerprint density at radius 3 is 3.00 bits per heavy atom. The van der Waals surface area contributed by atoms with Crippen LogP contribution in [0.2, 0.25) is 0 Å². The third-order valence-electron chi connectivity index (χ3n) is 2.29. The maximum absolute atomic E-state index is 9.74. The number of rotatable bonds is 3. The van der Waals surface area contributed by atoms with Gasteiger partial charge in [0.15, 0.2) is 0 Å². The molecule has 0 amide bonds. The van der Waals surface area contributed by atoms with Crippen LogP contribution in [0.3, 0.4) is 0 Å². The first-order valence-corrected chi connectivity index (χ1v) is 4.50. The topological polar surface area (TPSA) is 74.1 Å². The Bertz CT molecular complexity index is 424. The van der Waals surface area contributed by atoms with E-state index in [0.29, 0.717) is 6.54 Å². The van der Waals surface area contributed by atoms with E-state index in [-0.39, 0.29) is 0 Å². The second kappa shape index (κ2) is 3.79. The van der Waals surface area contributed by atoms with E-state index < -0.39 is 6.10 Å². The van der Waals surface area contributed by atoms with E-state index in [2.05, 4.69) is 10.4 Å². The number of H-pyrrole nitrogens is 1. The average molecular weight is 191 g/mol. The molecule has 1 atom stereocenters. The summed E-state index contributed by atoms with van der Waals surface area (Å²) >= 11 is 0. The summed E-state index contributed by atoms with van der Waals surface area (Å²) in [5, 5.41) is 10.8. The van der Waals surface area contributed by atoms with Crippen molar-refractivity contribution in [1.29, 1.82) is 0 Å². The van der Waals surface area contributed by atoms with Gasteiger partial charge < -0.3 is 10.1 Å². The molecule has 5 N–H and O–H groups in total. The van der Waals surface area contributed by atoms with Crippen molar-refractivity contribution in [2.45, 2.75) is 6.10 Å². The monoisotopic (exact) mass is 191 g/mol. The lowest BCUT2D eigenvalue weighted by Gasteiger charge is -2.07. The quantitative estimate of drug-likeness (QED) is 0.425. The second-order valence-electron chi connectivity index (χ2n) is 3.21. The van der Waals surface area contributed by atoms with Gasteiger partial charge in [0.1, 0.15) is 0 Å². The number of nitrogens with one attached hydrogen (secondary N) is 2. The van der Waals surface area contributed by atoms with Gasteiger partial charge in [-0.25, -0.2) is 0 Å². The Labute approximate surface area is 81.7 Å². The van der Waals surface area contributed by atoms with Crippen molar-refractivity contribution in [1.82, 2.24) is 10.4 Å². The highest BCUT2D eigenvalue weighted by molar-refractivity contribution is 5.83. The Balaban J connectivity index is 2.42. The maximum atomic E-state index is 9.74. The SMILES string of the molecule is NNCC(O)c1c[nH]c2ccccc12. The fourth-order valence-corrected chi connectivity index (χ4v) is 1.59. The molecular formula is C10H13N3O. The van der Waals surface area contributed by atoms with E-state index >= 15 is 0 Å². The highest BCUT2D eigenvalue weighted by Crippen LogP contribution is 2.23. The molecular weight excluding hydrogens is 178 g/mol. The van der Waals surface area contributed by atoms with Gasteiger partial charge in [-0.3, -0.25) is 11.3 Å². The van der Waals surface area contributed by atoms with Crippen molar-refractivity contribution in [3.63, 3.8) is 0 Å². The Kier molecular flexibility index (Phi) is 2.49. The van der Waals surface area contributed by atoms with E-state index in [1.54, 1.807) is 0 Å². The molecule has 0 saturated heterocycles. The smallest absolute Gasteiger partial charge is 0.0948 e. The fraction of sp³-hybridized carbons (Fsp3) is 0.200. The summed E-state index contributed by atoms with van der Waals surface area (Å²) in [6.07, 6.45) is 1.24. The molecule has 0 spiro atoms. The molecule has 0 fully saturated rings. The first-order chi connectivity index (χ1) is 6.83. The van der Waals surface area contributed by atoms with E-state index in [0.717, 1.165) is 16.5 Å². The highest BCUT2D eigenvalue weighted by Gasteiger charge is 2.11. The first-order valence-electron chi connectivity index (χ1n) is 4.50. The summed E-state index contributed by atoms with van der Waals surface area (Å²) in [4.78, 5) is 3.10. The molecule has 14 heavy (non-hydrogen) atoms. The van der Waals surface area contributed by atoms with Gasteiger partial charge in [-0.2, -0.15) is 0 Å². The Hall–Kier alpha value is -1.36. The van der Waals surface area contributed by atoms with Crippen LogP contribution in [0.5, 0.6) is 0 Å². The molecule has 4 heteroatoms. The number of fused-ring (bicyclic) bond motifs is 1. The number of hydrogen-bond acceptors (Lipinski definition) is 3. The third-order valence-corrected chi connectivity index (χ3v) is 2.29. The molecule has 4 nitrogen and oxygen atoms in total. The zero-order chi connectivity index (χ0) is 9.97. The zero-order valence-electron chi connectivity index (χ0n) is 7.70. The van der Waals surface area contributed by atoms with Crippen molar-refractivity contribution >= 4 is 10.9 Å². The minimum atomic E-state index is -0.573. The summed E-state index contributed by atoms with van der Waals surface area (Å²) in [5.74, 6) is 5.16. The molecule has 1 aromatic heterocycles. The van der Waals surface area contributed by atoms with Gasteiger partial charge in [0.25, 0.3) is 0 Å². The fourth-order valence-electron chi connectivity index (χ4n) is 1.59. The predicted octanol–water partition coefficient (Wildman–Crippen LogP) is 0.665. The van der Waals surface area contributed by atoms with E-state index in [1.807, 2.05) is 30.5 Å². The molecule has 0 radical (unpaired) electrons. The standard InChI is InChI=1S/C10H13N3O/c11-13-6-10(14)8-5-12-9-4-2-1-3-7(8)9/h1-5,10,12-14H,6,11H2. The van der Waals surface area contributed by atoms with Crippen molar-refractivity contribution in [2.24, 2.45) is 5.84 Å². The molecule has 0 aliphatic carbocycles. The molecule has 0 aliphatic rings. The average Bonchev–Trinajstić information content (AvgIpc) is 2.61. The summed E-state index contributed by atoms with van der Waals surface area (Å²) in [7, 11) is 0. The third kappa shape index (κ3) is 1.50. The molecule has 1 aromatic carbocycles. The Morgan fingerprint density at radius 2 is 2.21 bits per heavy atom. The van der Waals surface area contributed by atoms with Gasteiger partial charge in [-0.15, -0.1) is 0 Å². The van der Waals surface area contributed by atoms with Gasteiger partial charge in [-0.1, -0.05) is 18.2 Å². The van der Waals surface area contributed by atoms with E-state index in [9.17, 15) is 5.11 Å². The van der Waals surface area contributed by atoms with Gasteiger partial charge in [-0.05, 0) is 6.07 Å². The number of aromatic amines is 1. The van der Waals surface area contributed by atoms with Crippen LogP contribution in [0.15, 0.2) is 30.5 Å². The lowest BCUT2D eigenvalue weighted by Crippen LogP contribution is -2.27. The van der Waals surface area contributed by atoms with Crippen LogP contribution in [-0.2, 0) is 0 Å². The van der Waals surface area contributed by atoms with Crippen molar-refractivity contribution in [3.05, 3.63) is 36.0 Å².